The molecular weight excluding hydrogens is 388 g/mol. The van der Waals surface area contributed by atoms with E-state index in [1.807, 2.05) is 42.7 Å². The quantitative estimate of drug-likeness (QED) is 0.548. The lowest BCUT2D eigenvalue weighted by Gasteiger charge is -2.10. The number of amides is 1. The Morgan fingerprint density at radius 3 is 2.28 bits per heavy atom. The van der Waals surface area contributed by atoms with E-state index in [0.717, 1.165) is 16.8 Å². The maximum Gasteiger partial charge on any atom is 0.251 e. The largest absolute Gasteiger partial charge is 0.502 e. The van der Waals surface area contributed by atoms with Crippen molar-refractivity contribution in [2.75, 3.05) is 18.6 Å². The Hall–Kier alpha value is -3.19. The average molecular weight is 410 g/mol. The second kappa shape index (κ2) is 9.34. The number of hydrogen-bond acceptors (Lipinski definition) is 6. The third kappa shape index (κ3) is 5.00. The summed E-state index contributed by atoms with van der Waals surface area (Å²) in [6.45, 7) is 0.198. The van der Waals surface area contributed by atoms with Gasteiger partial charge >= 0.3 is 0 Å². The van der Waals surface area contributed by atoms with Crippen LogP contribution in [0.2, 0.25) is 0 Å². The van der Waals surface area contributed by atoms with E-state index < -0.39 is 5.43 Å². The van der Waals surface area contributed by atoms with Crippen LogP contribution in [0.1, 0.15) is 21.9 Å². The normalized spacial score (nSPS) is 10.6. The van der Waals surface area contributed by atoms with Crippen LogP contribution in [0.5, 0.6) is 5.75 Å². The van der Waals surface area contributed by atoms with Crippen LogP contribution >= 0.6 is 11.8 Å². The highest BCUT2D eigenvalue weighted by Gasteiger charge is 2.11. The third-order valence-electron chi connectivity index (χ3n) is 4.38. The summed E-state index contributed by atoms with van der Waals surface area (Å²) in [7, 11) is 1.60. The molecule has 1 heterocycles. The molecule has 0 aliphatic heterocycles. The lowest BCUT2D eigenvalue weighted by Crippen LogP contribution is -2.17. The molecule has 0 bridgehead atoms. The minimum absolute atomic E-state index is 0.118. The molecule has 0 aliphatic rings. The Morgan fingerprint density at radius 2 is 1.69 bits per heavy atom. The van der Waals surface area contributed by atoms with Crippen molar-refractivity contribution in [2.45, 2.75) is 12.3 Å². The van der Waals surface area contributed by atoms with Crippen LogP contribution in [-0.4, -0.2) is 24.3 Å². The van der Waals surface area contributed by atoms with Crippen molar-refractivity contribution in [3.8, 4) is 16.9 Å². The van der Waals surface area contributed by atoms with E-state index in [1.54, 1.807) is 19.2 Å². The van der Waals surface area contributed by atoms with Gasteiger partial charge in [-0.2, -0.15) is 11.8 Å². The van der Waals surface area contributed by atoms with Gasteiger partial charge in [0.25, 0.3) is 5.91 Å². The summed E-state index contributed by atoms with van der Waals surface area (Å²) in [5.74, 6) is 0.835. The number of anilines is 1. The van der Waals surface area contributed by atoms with Crippen molar-refractivity contribution in [2.24, 2.45) is 0 Å². The molecule has 29 heavy (non-hydrogen) atoms. The molecular formula is C22H22N2O4S. The summed E-state index contributed by atoms with van der Waals surface area (Å²) in [6.07, 6.45) is 1.92. The summed E-state index contributed by atoms with van der Waals surface area (Å²) in [4.78, 5) is 23.5. The van der Waals surface area contributed by atoms with E-state index in [1.165, 1.54) is 17.8 Å². The fraction of sp³-hybridized carbons (Fsp3) is 0.182. The van der Waals surface area contributed by atoms with E-state index in [0.29, 0.717) is 17.1 Å². The number of rotatable bonds is 7. The van der Waals surface area contributed by atoms with E-state index in [-0.39, 0.29) is 24.0 Å². The first kappa shape index (κ1) is 20.5. The molecule has 0 radical (unpaired) electrons. The van der Waals surface area contributed by atoms with Crippen LogP contribution in [0.25, 0.3) is 11.1 Å². The standard InChI is InChI=1S/C22H22N2O4S/c1-23-22(27)16-5-3-14(4-6-16)15-7-9-17(10-8-15)24-12-20-21(26)19(25)11-18(28-20)13-29-2/h3-11,24,26H,12-13H2,1-2H3,(H,23,27). The Bertz CT molecular complexity index is 1040. The van der Waals surface area contributed by atoms with Crippen LogP contribution in [0, 0.1) is 0 Å². The second-order valence-electron chi connectivity index (χ2n) is 6.37. The fourth-order valence-corrected chi connectivity index (χ4v) is 3.27. The number of benzene rings is 2. The first-order valence-electron chi connectivity index (χ1n) is 9.02. The first-order chi connectivity index (χ1) is 14.0. The molecule has 0 atom stereocenters. The highest BCUT2D eigenvalue weighted by Crippen LogP contribution is 2.23. The SMILES string of the molecule is CNC(=O)c1ccc(-c2ccc(NCc3oc(CSC)cc(=O)c3O)cc2)cc1. The predicted octanol–water partition coefficient (Wildman–Crippen LogP) is 3.85. The molecule has 0 unspecified atom stereocenters. The lowest BCUT2D eigenvalue weighted by atomic mass is 10.0. The van der Waals surface area contributed by atoms with Crippen molar-refractivity contribution in [1.29, 1.82) is 0 Å². The number of nitrogens with one attached hydrogen (secondary N) is 2. The number of carbonyl (C=O) groups excluding carboxylic acids is 1. The molecule has 0 saturated carbocycles. The van der Waals surface area contributed by atoms with Gasteiger partial charge in [0.1, 0.15) is 5.76 Å². The van der Waals surface area contributed by atoms with Gasteiger partial charge in [-0.05, 0) is 41.6 Å². The Balaban J connectivity index is 1.70. The van der Waals surface area contributed by atoms with Gasteiger partial charge in [0.05, 0.1) is 12.3 Å². The van der Waals surface area contributed by atoms with Crippen molar-refractivity contribution in [3.63, 3.8) is 0 Å². The third-order valence-corrected chi connectivity index (χ3v) is 4.95. The van der Waals surface area contributed by atoms with Crippen LogP contribution < -0.4 is 16.1 Å². The lowest BCUT2D eigenvalue weighted by molar-refractivity contribution is 0.0963. The van der Waals surface area contributed by atoms with Crippen LogP contribution in [0.15, 0.2) is 63.8 Å². The molecule has 7 heteroatoms. The Kier molecular flexibility index (Phi) is 6.61. The van der Waals surface area contributed by atoms with E-state index in [9.17, 15) is 14.7 Å². The van der Waals surface area contributed by atoms with Crippen molar-refractivity contribution in [1.82, 2.24) is 5.32 Å². The molecule has 0 aliphatic carbocycles. The van der Waals surface area contributed by atoms with E-state index in [4.69, 9.17) is 4.42 Å². The number of aromatic hydroxyl groups is 1. The maximum absolute atomic E-state index is 11.9. The number of carbonyl (C=O) groups is 1. The first-order valence-corrected chi connectivity index (χ1v) is 10.4. The summed E-state index contributed by atoms with van der Waals surface area (Å²) in [5, 5.41) is 15.7. The van der Waals surface area contributed by atoms with Crippen LogP contribution in [-0.2, 0) is 12.3 Å². The van der Waals surface area contributed by atoms with Gasteiger partial charge in [-0.1, -0.05) is 24.3 Å². The maximum atomic E-state index is 11.9. The molecule has 150 valence electrons. The minimum atomic E-state index is -0.437. The predicted molar refractivity (Wildman–Crippen MR) is 116 cm³/mol. The minimum Gasteiger partial charge on any atom is -0.502 e. The van der Waals surface area contributed by atoms with Gasteiger partial charge in [0, 0.05) is 24.4 Å². The summed E-state index contributed by atoms with van der Waals surface area (Å²) < 4.78 is 5.62. The molecule has 3 aromatic rings. The van der Waals surface area contributed by atoms with Gasteiger partial charge < -0.3 is 20.2 Å². The second-order valence-corrected chi connectivity index (χ2v) is 7.24. The molecule has 3 N–H and O–H groups in total. The van der Waals surface area contributed by atoms with Crippen molar-refractivity contribution >= 4 is 23.4 Å². The topological polar surface area (TPSA) is 91.6 Å². The zero-order valence-corrected chi connectivity index (χ0v) is 17.0. The van der Waals surface area contributed by atoms with Gasteiger partial charge in [-0.25, -0.2) is 0 Å². The zero-order chi connectivity index (χ0) is 20.8. The molecule has 1 amide bonds. The number of thioether (sulfide) groups is 1. The van der Waals surface area contributed by atoms with Gasteiger partial charge in [0.15, 0.2) is 5.76 Å². The van der Waals surface area contributed by atoms with E-state index >= 15 is 0 Å². The molecule has 6 nitrogen and oxygen atoms in total. The highest BCUT2D eigenvalue weighted by molar-refractivity contribution is 7.97. The molecule has 0 spiro atoms. The number of hydrogen-bond donors (Lipinski definition) is 3. The zero-order valence-electron chi connectivity index (χ0n) is 16.2. The molecule has 0 saturated heterocycles. The van der Waals surface area contributed by atoms with Gasteiger partial charge in [-0.3, -0.25) is 9.59 Å². The molecule has 2 aromatic carbocycles. The molecule has 0 fully saturated rings. The molecule has 1 aromatic heterocycles. The average Bonchev–Trinajstić information content (AvgIpc) is 2.75. The van der Waals surface area contributed by atoms with Crippen molar-refractivity contribution in [3.05, 3.63) is 81.9 Å². The smallest absolute Gasteiger partial charge is 0.251 e. The van der Waals surface area contributed by atoms with Crippen LogP contribution in [0.3, 0.4) is 0 Å². The summed E-state index contributed by atoms with van der Waals surface area (Å²) in [5.41, 5.74) is 3.01. The van der Waals surface area contributed by atoms with Gasteiger partial charge in [0.2, 0.25) is 11.2 Å². The fourth-order valence-electron chi connectivity index (χ4n) is 2.84. The Labute approximate surface area is 173 Å². The van der Waals surface area contributed by atoms with E-state index in [2.05, 4.69) is 10.6 Å². The summed E-state index contributed by atoms with van der Waals surface area (Å²) >= 11 is 1.54. The van der Waals surface area contributed by atoms with Gasteiger partial charge in [-0.15, -0.1) is 0 Å². The monoisotopic (exact) mass is 410 g/mol. The highest BCUT2D eigenvalue weighted by atomic mass is 32.2. The van der Waals surface area contributed by atoms with Crippen LogP contribution in [0.4, 0.5) is 5.69 Å². The summed E-state index contributed by atoms with van der Waals surface area (Å²) in [6, 6.07) is 16.4. The van der Waals surface area contributed by atoms with Crippen molar-refractivity contribution < 1.29 is 14.3 Å². The molecule has 3 rings (SSSR count). The Morgan fingerprint density at radius 1 is 1.07 bits per heavy atom.